The van der Waals surface area contributed by atoms with Gasteiger partial charge in [0, 0.05) is 12.2 Å². The quantitative estimate of drug-likeness (QED) is 0.774. The Morgan fingerprint density at radius 1 is 1.44 bits per heavy atom. The third kappa shape index (κ3) is 3.21. The molecular formula is C15H23NOS. The molecule has 18 heavy (non-hydrogen) atoms. The first-order valence-electron chi connectivity index (χ1n) is 6.78. The van der Waals surface area contributed by atoms with Gasteiger partial charge in [0.15, 0.2) is 0 Å². The summed E-state index contributed by atoms with van der Waals surface area (Å²) in [5, 5.41) is 0. The highest BCUT2D eigenvalue weighted by atomic mass is 32.1. The summed E-state index contributed by atoms with van der Waals surface area (Å²) in [7, 11) is 0. The third-order valence-corrected chi connectivity index (χ3v) is 3.84. The van der Waals surface area contributed by atoms with Crippen LogP contribution in [0.25, 0.3) is 0 Å². The molecule has 2 rings (SSSR count). The second kappa shape index (κ2) is 5.98. The average Bonchev–Trinajstić information content (AvgIpc) is 2.76. The van der Waals surface area contributed by atoms with Crippen molar-refractivity contribution in [1.82, 2.24) is 4.90 Å². The van der Waals surface area contributed by atoms with Crippen molar-refractivity contribution in [2.75, 3.05) is 6.54 Å². The largest absolute Gasteiger partial charge is 0.356 e. The van der Waals surface area contributed by atoms with Gasteiger partial charge in [0.2, 0.25) is 0 Å². The summed E-state index contributed by atoms with van der Waals surface area (Å²) in [6.45, 7) is 9.51. The van der Waals surface area contributed by atoms with Gasteiger partial charge in [-0.05, 0) is 50.0 Å². The van der Waals surface area contributed by atoms with Crippen LogP contribution in [0.3, 0.4) is 0 Å². The first-order valence-corrected chi connectivity index (χ1v) is 7.22. The molecule has 1 unspecified atom stereocenters. The molecule has 1 saturated heterocycles. The van der Waals surface area contributed by atoms with Gasteiger partial charge in [0.05, 0.1) is 6.10 Å². The van der Waals surface area contributed by atoms with Gasteiger partial charge < -0.3 is 9.64 Å². The van der Waals surface area contributed by atoms with Crippen LogP contribution in [0.15, 0.2) is 34.9 Å². The Balaban J connectivity index is 2.04. The van der Waals surface area contributed by atoms with Gasteiger partial charge in [-0.1, -0.05) is 18.7 Å². The fourth-order valence-corrected chi connectivity index (χ4v) is 2.74. The second-order valence-electron chi connectivity index (χ2n) is 5.27. The summed E-state index contributed by atoms with van der Waals surface area (Å²) < 4.78 is 5.96. The maximum absolute atomic E-state index is 5.96. The first kappa shape index (κ1) is 13.8. The van der Waals surface area contributed by atoms with Crippen molar-refractivity contribution in [2.24, 2.45) is 0 Å². The number of hydrogen-bond acceptors (Lipinski definition) is 3. The monoisotopic (exact) mass is 265 g/mol. The van der Waals surface area contributed by atoms with E-state index in [0.29, 0.717) is 0 Å². The highest BCUT2D eigenvalue weighted by Gasteiger charge is 2.28. The van der Waals surface area contributed by atoms with Crippen LogP contribution in [0, 0.1) is 0 Å². The van der Waals surface area contributed by atoms with E-state index in [1.807, 2.05) is 0 Å². The Bertz CT molecular complexity index is 384. The van der Waals surface area contributed by atoms with Crippen LogP contribution in [-0.2, 0) is 4.74 Å². The van der Waals surface area contributed by atoms with E-state index >= 15 is 0 Å². The zero-order valence-electron chi connectivity index (χ0n) is 11.4. The van der Waals surface area contributed by atoms with E-state index in [1.165, 1.54) is 12.0 Å². The summed E-state index contributed by atoms with van der Waals surface area (Å²) in [6.07, 6.45) is 9.08. The van der Waals surface area contributed by atoms with Crippen molar-refractivity contribution in [2.45, 2.75) is 51.9 Å². The molecule has 1 fully saturated rings. The third-order valence-electron chi connectivity index (χ3n) is 3.47. The molecule has 0 spiro atoms. The Morgan fingerprint density at radius 3 is 2.83 bits per heavy atom. The predicted molar refractivity (Wildman–Crippen MR) is 79.5 cm³/mol. The lowest BCUT2D eigenvalue weighted by Crippen LogP contribution is -2.33. The molecule has 2 aliphatic rings. The van der Waals surface area contributed by atoms with Crippen molar-refractivity contribution >= 4 is 12.6 Å². The topological polar surface area (TPSA) is 12.5 Å². The summed E-state index contributed by atoms with van der Waals surface area (Å²) in [4.78, 5) is 3.48. The fourth-order valence-electron chi connectivity index (χ4n) is 2.55. The Kier molecular flexibility index (Phi) is 4.57. The minimum absolute atomic E-state index is 0.208. The van der Waals surface area contributed by atoms with Crippen LogP contribution in [-0.4, -0.2) is 23.8 Å². The summed E-state index contributed by atoms with van der Waals surface area (Å²) in [5.41, 5.74) is 2.46. The SMILES string of the molecule is C=C(C1=CC=C(S)CC1)N1CCCC1OC(C)C. The maximum Gasteiger partial charge on any atom is 0.130 e. The minimum Gasteiger partial charge on any atom is -0.356 e. The van der Waals surface area contributed by atoms with Crippen LogP contribution in [0.2, 0.25) is 0 Å². The van der Waals surface area contributed by atoms with E-state index in [1.54, 1.807) is 0 Å². The zero-order valence-corrected chi connectivity index (χ0v) is 12.2. The number of allylic oxidation sites excluding steroid dienone is 4. The van der Waals surface area contributed by atoms with Gasteiger partial charge in [0.25, 0.3) is 0 Å². The van der Waals surface area contributed by atoms with Crippen LogP contribution in [0.5, 0.6) is 0 Å². The van der Waals surface area contributed by atoms with E-state index in [9.17, 15) is 0 Å². The number of rotatable bonds is 4. The molecular weight excluding hydrogens is 242 g/mol. The molecule has 100 valence electrons. The van der Waals surface area contributed by atoms with Gasteiger partial charge in [-0.15, -0.1) is 12.6 Å². The predicted octanol–water partition coefficient (Wildman–Crippen LogP) is 3.88. The average molecular weight is 265 g/mol. The Morgan fingerprint density at radius 2 is 2.22 bits per heavy atom. The van der Waals surface area contributed by atoms with E-state index in [-0.39, 0.29) is 12.3 Å². The minimum atomic E-state index is 0.208. The molecule has 1 atom stereocenters. The van der Waals surface area contributed by atoms with E-state index in [4.69, 9.17) is 4.74 Å². The lowest BCUT2D eigenvalue weighted by Gasteiger charge is -2.31. The van der Waals surface area contributed by atoms with Crippen molar-refractivity contribution in [1.29, 1.82) is 0 Å². The molecule has 0 amide bonds. The summed E-state index contributed by atoms with van der Waals surface area (Å²) in [6, 6.07) is 0. The van der Waals surface area contributed by atoms with Gasteiger partial charge >= 0.3 is 0 Å². The first-order chi connectivity index (χ1) is 8.58. The Hall–Kier alpha value is -0.670. The van der Waals surface area contributed by atoms with Gasteiger partial charge in [0.1, 0.15) is 6.23 Å². The molecule has 0 radical (unpaired) electrons. The van der Waals surface area contributed by atoms with Crippen LogP contribution < -0.4 is 0 Å². The molecule has 0 aromatic rings. The molecule has 3 heteroatoms. The zero-order chi connectivity index (χ0) is 13.1. The van der Waals surface area contributed by atoms with E-state index in [0.717, 1.165) is 36.4 Å². The number of hydrogen-bond donors (Lipinski definition) is 1. The van der Waals surface area contributed by atoms with Crippen LogP contribution >= 0.6 is 12.6 Å². The standard InChI is InChI=1S/C15H23NOS/c1-11(2)17-15-5-4-10-16(15)12(3)13-6-8-14(18)9-7-13/h6,8,11,15,18H,3-5,7,9-10H2,1-2H3. The number of likely N-dealkylation sites (tertiary alicyclic amines) is 1. The number of thiol groups is 1. The molecule has 0 bridgehead atoms. The van der Waals surface area contributed by atoms with Crippen molar-refractivity contribution in [3.63, 3.8) is 0 Å². The highest BCUT2D eigenvalue weighted by molar-refractivity contribution is 7.84. The molecule has 0 aromatic heterocycles. The summed E-state index contributed by atoms with van der Waals surface area (Å²) in [5.74, 6) is 0. The van der Waals surface area contributed by atoms with Gasteiger partial charge in [-0.25, -0.2) is 0 Å². The fraction of sp³-hybridized carbons (Fsp3) is 0.600. The van der Waals surface area contributed by atoms with Crippen molar-refractivity contribution in [3.05, 3.63) is 34.9 Å². The molecule has 1 aliphatic carbocycles. The summed E-state index contributed by atoms with van der Waals surface area (Å²) >= 11 is 4.39. The second-order valence-corrected chi connectivity index (χ2v) is 5.85. The molecule has 0 saturated carbocycles. The molecule has 2 nitrogen and oxygen atoms in total. The van der Waals surface area contributed by atoms with Crippen LogP contribution in [0.1, 0.15) is 39.5 Å². The molecule has 1 aliphatic heterocycles. The lowest BCUT2D eigenvalue weighted by atomic mass is 10.0. The smallest absolute Gasteiger partial charge is 0.130 e. The normalized spacial score (nSPS) is 24.2. The van der Waals surface area contributed by atoms with Gasteiger partial charge in [-0.3, -0.25) is 0 Å². The molecule has 1 heterocycles. The lowest BCUT2D eigenvalue weighted by molar-refractivity contribution is -0.0528. The molecule has 0 N–H and O–H groups in total. The van der Waals surface area contributed by atoms with E-state index < -0.39 is 0 Å². The van der Waals surface area contributed by atoms with Gasteiger partial charge in [-0.2, -0.15) is 0 Å². The van der Waals surface area contributed by atoms with E-state index in [2.05, 4.69) is 50.1 Å². The van der Waals surface area contributed by atoms with Crippen molar-refractivity contribution in [3.8, 4) is 0 Å². The Labute approximate surface area is 116 Å². The molecule has 0 aromatic carbocycles. The van der Waals surface area contributed by atoms with Crippen molar-refractivity contribution < 1.29 is 4.74 Å². The number of ether oxygens (including phenoxy) is 1. The highest BCUT2D eigenvalue weighted by Crippen LogP contribution is 2.31. The number of nitrogens with zero attached hydrogens (tertiary/aromatic N) is 1. The maximum atomic E-state index is 5.96. The van der Waals surface area contributed by atoms with Crippen LogP contribution in [0.4, 0.5) is 0 Å².